The molecule has 0 bridgehead atoms. The van der Waals surface area contributed by atoms with Gasteiger partial charge in [-0.3, -0.25) is 9.59 Å². The maximum Gasteiger partial charge on any atom is 0.254 e. The number of hydrogen-bond donors (Lipinski definition) is 1. The minimum Gasteiger partial charge on any atom is -0.345 e. The zero-order chi connectivity index (χ0) is 15.0. The first kappa shape index (κ1) is 16.4. The molecule has 0 saturated carbocycles. The second-order valence-electron chi connectivity index (χ2n) is 4.26. The van der Waals surface area contributed by atoms with Crippen LogP contribution in [0.3, 0.4) is 0 Å². The van der Waals surface area contributed by atoms with Gasteiger partial charge in [0.2, 0.25) is 5.91 Å². The van der Waals surface area contributed by atoms with Crippen molar-refractivity contribution in [3.63, 3.8) is 0 Å². The predicted octanol–water partition coefficient (Wildman–Crippen LogP) is 2.38. The third-order valence-corrected chi connectivity index (χ3v) is 3.34. The number of nitrogens with one attached hydrogen (secondary N) is 1. The molecule has 104 valence electrons. The van der Waals surface area contributed by atoms with Crippen LogP contribution in [0.1, 0.15) is 18.4 Å². The summed E-state index contributed by atoms with van der Waals surface area (Å²) in [5.74, 6) is -0.875. The monoisotopic (exact) mass is 382 g/mol. The Hall–Kier alpha value is -1.68. The van der Waals surface area contributed by atoms with Crippen molar-refractivity contribution in [1.82, 2.24) is 5.32 Å². The van der Waals surface area contributed by atoms with Gasteiger partial charge in [-0.25, -0.2) is 0 Å². The highest BCUT2D eigenvalue weighted by atomic mass is 127. The Morgan fingerprint density at radius 2 is 2.25 bits per heavy atom. The van der Waals surface area contributed by atoms with Gasteiger partial charge in [-0.1, -0.05) is 18.2 Å². The van der Waals surface area contributed by atoms with Gasteiger partial charge in [-0.2, -0.15) is 5.26 Å². The van der Waals surface area contributed by atoms with Crippen LogP contribution in [0.5, 0.6) is 0 Å². The molecule has 4 nitrogen and oxygen atoms in total. The van der Waals surface area contributed by atoms with E-state index in [9.17, 15) is 9.59 Å². The van der Waals surface area contributed by atoms with E-state index in [1.54, 1.807) is 12.1 Å². The number of carbonyl (C=O) groups excluding carboxylic acids is 2. The predicted molar refractivity (Wildman–Crippen MR) is 84.8 cm³/mol. The van der Waals surface area contributed by atoms with Crippen LogP contribution >= 0.6 is 22.6 Å². The Kier molecular flexibility index (Phi) is 6.94. The Balaban J connectivity index is 2.75. The number of allylic oxidation sites excluding steroid dienone is 1. The van der Waals surface area contributed by atoms with Gasteiger partial charge in [-0.05, 0) is 46.7 Å². The summed E-state index contributed by atoms with van der Waals surface area (Å²) in [6.45, 7) is 3.54. The summed E-state index contributed by atoms with van der Waals surface area (Å²) in [6.07, 6.45) is 2.77. The number of halogens is 1. The average molecular weight is 382 g/mol. The average Bonchev–Trinajstić information content (AvgIpc) is 2.43. The van der Waals surface area contributed by atoms with E-state index >= 15 is 0 Å². The number of Topliss-reactive ketones (excluding diaryl/α,β-unsaturated/α-hetero) is 1. The zero-order valence-corrected chi connectivity index (χ0v) is 13.1. The van der Waals surface area contributed by atoms with Crippen LogP contribution < -0.4 is 5.32 Å². The van der Waals surface area contributed by atoms with Crippen molar-refractivity contribution in [3.05, 3.63) is 46.1 Å². The lowest BCUT2D eigenvalue weighted by molar-refractivity contribution is -0.125. The summed E-state index contributed by atoms with van der Waals surface area (Å²) in [5, 5.41) is 11.4. The standard InChI is InChI=1S/C15H15IN2O2/c1-2-3-7-15(20)18-13(14(19)10-17)9-11-5-4-6-12(16)8-11/h2,4-6,8,13H,1,3,7,9H2,(H,18,20)/t13-/m0/s1. The number of amides is 1. The quantitative estimate of drug-likeness (QED) is 0.447. The van der Waals surface area contributed by atoms with Crippen molar-refractivity contribution in [2.75, 3.05) is 0 Å². The van der Waals surface area contributed by atoms with E-state index in [4.69, 9.17) is 5.26 Å². The van der Waals surface area contributed by atoms with E-state index in [1.807, 2.05) is 24.3 Å². The molecule has 1 aromatic carbocycles. The topological polar surface area (TPSA) is 70.0 Å². The summed E-state index contributed by atoms with van der Waals surface area (Å²) in [5.41, 5.74) is 0.912. The van der Waals surface area contributed by atoms with Crippen molar-refractivity contribution >= 4 is 34.3 Å². The van der Waals surface area contributed by atoms with E-state index in [0.717, 1.165) is 9.13 Å². The van der Waals surface area contributed by atoms with Crippen LogP contribution in [-0.4, -0.2) is 17.7 Å². The van der Waals surface area contributed by atoms with Crippen molar-refractivity contribution in [3.8, 4) is 6.07 Å². The molecule has 1 rings (SSSR count). The molecule has 0 heterocycles. The van der Waals surface area contributed by atoms with Gasteiger partial charge in [-0.15, -0.1) is 6.58 Å². The molecule has 1 amide bonds. The normalized spacial score (nSPS) is 11.2. The maximum atomic E-state index is 11.7. The highest BCUT2D eigenvalue weighted by Crippen LogP contribution is 2.10. The Morgan fingerprint density at radius 3 is 2.85 bits per heavy atom. The number of carbonyl (C=O) groups is 2. The molecular formula is C15H15IN2O2. The molecule has 1 atom stereocenters. The first-order chi connectivity index (χ1) is 9.56. The smallest absolute Gasteiger partial charge is 0.254 e. The fourth-order valence-electron chi connectivity index (χ4n) is 1.69. The lowest BCUT2D eigenvalue weighted by Gasteiger charge is -2.14. The van der Waals surface area contributed by atoms with Gasteiger partial charge < -0.3 is 5.32 Å². The molecule has 0 aliphatic carbocycles. The lowest BCUT2D eigenvalue weighted by atomic mass is 10.0. The molecule has 5 heteroatoms. The Labute approximate surface area is 132 Å². The van der Waals surface area contributed by atoms with Gasteiger partial charge in [0.1, 0.15) is 12.1 Å². The van der Waals surface area contributed by atoms with Gasteiger partial charge in [0, 0.05) is 16.4 Å². The first-order valence-corrected chi connectivity index (χ1v) is 7.23. The maximum absolute atomic E-state index is 11.7. The molecule has 0 aromatic heterocycles. The number of nitriles is 1. The summed E-state index contributed by atoms with van der Waals surface area (Å²) >= 11 is 2.17. The number of ketones is 1. The van der Waals surface area contributed by atoms with Crippen molar-refractivity contribution < 1.29 is 9.59 Å². The number of benzene rings is 1. The fraction of sp³-hybridized carbons (Fsp3) is 0.267. The molecule has 0 unspecified atom stereocenters. The molecule has 0 radical (unpaired) electrons. The van der Waals surface area contributed by atoms with E-state index in [-0.39, 0.29) is 12.3 Å². The van der Waals surface area contributed by atoms with E-state index in [0.29, 0.717) is 12.8 Å². The van der Waals surface area contributed by atoms with Gasteiger partial charge >= 0.3 is 0 Å². The van der Waals surface area contributed by atoms with Gasteiger partial charge in [0.25, 0.3) is 5.78 Å². The van der Waals surface area contributed by atoms with E-state index in [2.05, 4.69) is 34.5 Å². The van der Waals surface area contributed by atoms with Crippen LogP contribution in [0.2, 0.25) is 0 Å². The molecule has 20 heavy (non-hydrogen) atoms. The summed E-state index contributed by atoms with van der Waals surface area (Å²) in [4.78, 5) is 23.3. The molecule has 0 saturated heterocycles. The largest absolute Gasteiger partial charge is 0.345 e. The SMILES string of the molecule is C=CCCC(=O)N[C@@H](Cc1cccc(I)c1)C(=O)C#N. The molecule has 0 aliphatic heterocycles. The number of nitrogens with zero attached hydrogens (tertiary/aromatic N) is 1. The fourth-order valence-corrected chi connectivity index (χ4v) is 2.29. The third kappa shape index (κ3) is 5.53. The highest BCUT2D eigenvalue weighted by molar-refractivity contribution is 14.1. The first-order valence-electron chi connectivity index (χ1n) is 6.15. The molecule has 0 fully saturated rings. The second-order valence-corrected chi connectivity index (χ2v) is 5.50. The van der Waals surface area contributed by atoms with Crippen LogP contribution in [0, 0.1) is 14.9 Å². The van der Waals surface area contributed by atoms with Crippen LogP contribution in [0.4, 0.5) is 0 Å². The summed E-state index contributed by atoms with van der Waals surface area (Å²) in [6, 6.07) is 8.40. The van der Waals surface area contributed by atoms with Crippen LogP contribution in [-0.2, 0) is 16.0 Å². The Morgan fingerprint density at radius 1 is 1.50 bits per heavy atom. The van der Waals surface area contributed by atoms with E-state index < -0.39 is 11.8 Å². The third-order valence-electron chi connectivity index (χ3n) is 2.67. The van der Waals surface area contributed by atoms with Gasteiger partial charge in [0.15, 0.2) is 0 Å². The minimum absolute atomic E-state index is 0.246. The van der Waals surface area contributed by atoms with E-state index in [1.165, 1.54) is 0 Å². The number of rotatable bonds is 7. The Bertz CT molecular complexity index is 549. The zero-order valence-electron chi connectivity index (χ0n) is 10.9. The van der Waals surface area contributed by atoms with Crippen molar-refractivity contribution in [2.45, 2.75) is 25.3 Å². The molecule has 1 aromatic rings. The minimum atomic E-state index is -0.796. The lowest BCUT2D eigenvalue weighted by Crippen LogP contribution is -2.41. The molecule has 1 N–H and O–H groups in total. The van der Waals surface area contributed by atoms with Crippen molar-refractivity contribution in [2.24, 2.45) is 0 Å². The molecular weight excluding hydrogens is 367 g/mol. The summed E-state index contributed by atoms with van der Waals surface area (Å²) in [7, 11) is 0. The van der Waals surface area contributed by atoms with Crippen LogP contribution in [0.15, 0.2) is 36.9 Å². The highest BCUT2D eigenvalue weighted by Gasteiger charge is 2.20. The van der Waals surface area contributed by atoms with Gasteiger partial charge in [0.05, 0.1) is 0 Å². The molecule has 0 spiro atoms. The van der Waals surface area contributed by atoms with Crippen molar-refractivity contribution in [1.29, 1.82) is 5.26 Å². The second kappa shape index (κ2) is 8.48. The summed E-state index contributed by atoms with van der Waals surface area (Å²) < 4.78 is 1.04. The van der Waals surface area contributed by atoms with Crippen LogP contribution in [0.25, 0.3) is 0 Å². The molecule has 0 aliphatic rings. The number of hydrogen-bond acceptors (Lipinski definition) is 3.